The summed E-state index contributed by atoms with van der Waals surface area (Å²) in [6.07, 6.45) is 2.34. The minimum atomic E-state index is -0.562. The smallest absolute Gasteiger partial charge is 0.312 e. The molecule has 1 fully saturated rings. The van der Waals surface area contributed by atoms with Crippen molar-refractivity contribution in [3.8, 4) is 5.75 Å². The van der Waals surface area contributed by atoms with Gasteiger partial charge in [0.15, 0.2) is 5.75 Å². The maximum atomic E-state index is 11.7. The van der Waals surface area contributed by atoms with Gasteiger partial charge in [0, 0.05) is 23.7 Å². The number of carbonyl (C=O) groups is 1. The van der Waals surface area contributed by atoms with E-state index in [1.807, 2.05) is 0 Å². The Bertz CT molecular complexity index is 547. The van der Waals surface area contributed by atoms with E-state index in [9.17, 15) is 14.9 Å². The number of nitro groups is 1. The quantitative estimate of drug-likeness (QED) is 0.589. The number of benzene rings is 1. The van der Waals surface area contributed by atoms with Crippen LogP contribution in [-0.4, -0.2) is 36.6 Å². The van der Waals surface area contributed by atoms with Gasteiger partial charge in [0.25, 0.3) is 0 Å². The van der Waals surface area contributed by atoms with Crippen molar-refractivity contribution in [2.24, 2.45) is 0 Å². The maximum Gasteiger partial charge on any atom is 0.312 e. The first-order valence-corrected chi connectivity index (χ1v) is 7.51. The van der Waals surface area contributed by atoms with Crippen LogP contribution in [0.1, 0.15) is 19.3 Å². The monoisotopic (exact) mass is 327 g/mol. The second kappa shape index (κ2) is 7.95. The Morgan fingerprint density at radius 1 is 1.55 bits per heavy atom. The molecule has 0 aliphatic carbocycles. The zero-order valence-electron chi connectivity index (χ0n) is 12.0. The van der Waals surface area contributed by atoms with Crippen LogP contribution in [0.3, 0.4) is 0 Å². The van der Waals surface area contributed by atoms with Crippen LogP contribution >= 0.6 is 11.6 Å². The molecule has 0 spiro atoms. The molecule has 0 saturated carbocycles. The van der Waals surface area contributed by atoms with Gasteiger partial charge in [-0.25, -0.2) is 0 Å². The number of carbonyl (C=O) groups excluding carboxylic acids is 1. The molecule has 2 N–H and O–H groups in total. The summed E-state index contributed by atoms with van der Waals surface area (Å²) in [5.74, 6) is -0.0232. The summed E-state index contributed by atoms with van der Waals surface area (Å²) in [5, 5.41) is 17.3. The molecule has 1 aliphatic heterocycles. The molecule has 1 aromatic carbocycles. The minimum absolute atomic E-state index is 0.0758. The Balaban J connectivity index is 1.75. The number of halogens is 1. The van der Waals surface area contributed by atoms with E-state index in [2.05, 4.69) is 10.6 Å². The number of rotatable bonds is 7. The van der Waals surface area contributed by atoms with E-state index >= 15 is 0 Å². The molecule has 1 amide bonds. The minimum Gasteiger partial charge on any atom is -0.486 e. The van der Waals surface area contributed by atoms with Crippen molar-refractivity contribution in [3.63, 3.8) is 0 Å². The lowest BCUT2D eigenvalue weighted by Gasteiger charge is -2.11. The molecule has 8 heteroatoms. The number of nitrogens with zero attached hydrogens (tertiary/aromatic N) is 1. The van der Waals surface area contributed by atoms with Crippen molar-refractivity contribution in [2.75, 3.05) is 19.7 Å². The predicted octanol–water partition coefficient (Wildman–Crippen LogP) is 1.89. The van der Waals surface area contributed by atoms with Gasteiger partial charge in [-0.3, -0.25) is 14.9 Å². The number of nitro benzene ring substituents is 1. The molecule has 0 bridgehead atoms. The molecule has 0 radical (unpaired) electrons. The Morgan fingerprint density at radius 3 is 3.05 bits per heavy atom. The zero-order chi connectivity index (χ0) is 15.9. The van der Waals surface area contributed by atoms with E-state index in [1.54, 1.807) is 0 Å². The van der Waals surface area contributed by atoms with E-state index in [4.69, 9.17) is 16.3 Å². The molecule has 1 heterocycles. The van der Waals surface area contributed by atoms with Gasteiger partial charge in [-0.2, -0.15) is 0 Å². The van der Waals surface area contributed by atoms with Gasteiger partial charge in [-0.05, 0) is 31.5 Å². The van der Waals surface area contributed by atoms with E-state index < -0.39 is 4.92 Å². The fourth-order valence-electron chi connectivity index (χ4n) is 2.27. The molecule has 1 aromatic rings. The summed E-state index contributed by atoms with van der Waals surface area (Å²) in [5.41, 5.74) is -0.205. The number of hydrogen-bond donors (Lipinski definition) is 2. The van der Waals surface area contributed by atoms with E-state index in [1.165, 1.54) is 18.2 Å². The van der Waals surface area contributed by atoms with Crippen molar-refractivity contribution >= 4 is 23.2 Å². The second-order valence-corrected chi connectivity index (χ2v) is 5.50. The van der Waals surface area contributed by atoms with Crippen molar-refractivity contribution < 1.29 is 14.5 Å². The first-order valence-electron chi connectivity index (χ1n) is 7.13. The predicted molar refractivity (Wildman–Crippen MR) is 82.3 cm³/mol. The molecule has 2 rings (SSSR count). The normalized spacial score (nSPS) is 17.2. The molecule has 1 saturated heterocycles. The SMILES string of the molecule is O=C(CCOc1ccc(Cl)cc1[N+](=O)[O-])NCC1CCCN1. The van der Waals surface area contributed by atoms with Crippen LogP contribution in [-0.2, 0) is 4.79 Å². The van der Waals surface area contributed by atoms with Gasteiger partial charge in [0.05, 0.1) is 18.0 Å². The van der Waals surface area contributed by atoms with Crippen molar-refractivity contribution in [1.29, 1.82) is 0 Å². The Morgan fingerprint density at radius 2 is 2.36 bits per heavy atom. The molecule has 1 unspecified atom stereocenters. The molecule has 120 valence electrons. The van der Waals surface area contributed by atoms with Crippen LogP contribution in [0.25, 0.3) is 0 Å². The molecule has 7 nitrogen and oxygen atoms in total. The lowest BCUT2D eigenvalue weighted by Crippen LogP contribution is -2.37. The van der Waals surface area contributed by atoms with E-state index in [0.717, 1.165) is 19.4 Å². The van der Waals surface area contributed by atoms with Crippen molar-refractivity contribution in [1.82, 2.24) is 10.6 Å². The van der Waals surface area contributed by atoms with Crippen molar-refractivity contribution in [3.05, 3.63) is 33.3 Å². The standard InChI is InChI=1S/C14H18ClN3O4/c15-10-3-4-13(12(8-10)18(20)21)22-7-5-14(19)17-9-11-2-1-6-16-11/h3-4,8,11,16H,1-2,5-7,9H2,(H,17,19). The molecular weight excluding hydrogens is 310 g/mol. The van der Waals surface area contributed by atoms with Gasteiger partial charge in [-0.15, -0.1) is 0 Å². The fourth-order valence-corrected chi connectivity index (χ4v) is 2.43. The first-order chi connectivity index (χ1) is 10.6. The largest absolute Gasteiger partial charge is 0.486 e. The highest BCUT2D eigenvalue weighted by Gasteiger charge is 2.17. The van der Waals surface area contributed by atoms with Crippen LogP contribution in [0, 0.1) is 10.1 Å². The van der Waals surface area contributed by atoms with Crippen LogP contribution in [0.5, 0.6) is 5.75 Å². The van der Waals surface area contributed by atoms with Crippen LogP contribution < -0.4 is 15.4 Å². The van der Waals surface area contributed by atoms with E-state index in [-0.39, 0.29) is 35.4 Å². The summed E-state index contributed by atoms with van der Waals surface area (Å²) >= 11 is 5.72. The van der Waals surface area contributed by atoms with E-state index in [0.29, 0.717) is 12.6 Å². The van der Waals surface area contributed by atoms with Gasteiger partial charge < -0.3 is 15.4 Å². The average Bonchev–Trinajstić information content (AvgIpc) is 3.00. The van der Waals surface area contributed by atoms with Crippen LogP contribution in [0.2, 0.25) is 5.02 Å². The second-order valence-electron chi connectivity index (χ2n) is 5.06. The number of hydrogen-bond acceptors (Lipinski definition) is 5. The third-order valence-electron chi connectivity index (χ3n) is 3.41. The van der Waals surface area contributed by atoms with Gasteiger partial charge in [0.2, 0.25) is 5.91 Å². The van der Waals surface area contributed by atoms with Crippen molar-refractivity contribution in [2.45, 2.75) is 25.3 Å². The summed E-state index contributed by atoms with van der Waals surface area (Å²) in [6.45, 7) is 1.66. The number of amides is 1. The Kier molecular flexibility index (Phi) is 5.97. The first kappa shape index (κ1) is 16.5. The summed E-state index contributed by atoms with van der Waals surface area (Å²) in [7, 11) is 0. The Labute approximate surface area is 133 Å². The van der Waals surface area contributed by atoms with Crippen LogP contribution in [0.15, 0.2) is 18.2 Å². The summed E-state index contributed by atoms with van der Waals surface area (Å²) in [6, 6.07) is 4.50. The number of nitrogens with one attached hydrogen (secondary N) is 2. The van der Waals surface area contributed by atoms with Gasteiger partial charge in [-0.1, -0.05) is 11.6 Å². The van der Waals surface area contributed by atoms with Crippen LogP contribution in [0.4, 0.5) is 5.69 Å². The highest BCUT2D eigenvalue weighted by Crippen LogP contribution is 2.29. The zero-order valence-corrected chi connectivity index (χ0v) is 12.8. The molecule has 22 heavy (non-hydrogen) atoms. The third-order valence-corrected chi connectivity index (χ3v) is 3.65. The molecule has 0 aromatic heterocycles. The maximum absolute atomic E-state index is 11.7. The van der Waals surface area contributed by atoms with Gasteiger partial charge in [0.1, 0.15) is 0 Å². The molecule has 1 aliphatic rings. The fraction of sp³-hybridized carbons (Fsp3) is 0.500. The topological polar surface area (TPSA) is 93.5 Å². The third kappa shape index (κ3) is 4.85. The highest BCUT2D eigenvalue weighted by molar-refractivity contribution is 6.30. The average molecular weight is 328 g/mol. The summed E-state index contributed by atoms with van der Waals surface area (Å²) < 4.78 is 5.32. The number of ether oxygens (including phenoxy) is 1. The molecular formula is C14H18ClN3O4. The Hall–Kier alpha value is -1.86. The van der Waals surface area contributed by atoms with Gasteiger partial charge >= 0.3 is 5.69 Å². The highest BCUT2D eigenvalue weighted by atomic mass is 35.5. The molecule has 1 atom stereocenters. The lowest BCUT2D eigenvalue weighted by molar-refractivity contribution is -0.385. The summed E-state index contributed by atoms with van der Waals surface area (Å²) in [4.78, 5) is 22.0. The lowest BCUT2D eigenvalue weighted by atomic mass is 10.2.